The minimum atomic E-state index is 0.107. The summed E-state index contributed by atoms with van der Waals surface area (Å²) in [6.45, 7) is 3.74. The van der Waals surface area contributed by atoms with Gasteiger partial charge in [-0.25, -0.2) is 9.97 Å². The van der Waals surface area contributed by atoms with Crippen LogP contribution in [0.15, 0.2) is 6.07 Å². The Bertz CT molecular complexity index is 481. The molecule has 15 heavy (non-hydrogen) atoms. The van der Waals surface area contributed by atoms with Crippen LogP contribution in [0.3, 0.4) is 0 Å². The Labute approximate surface area is 86.2 Å². The van der Waals surface area contributed by atoms with Crippen molar-refractivity contribution in [1.29, 1.82) is 0 Å². The summed E-state index contributed by atoms with van der Waals surface area (Å²) in [5.41, 5.74) is 12.7. The molecule has 0 bridgehead atoms. The lowest BCUT2D eigenvalue weighted by Crippen LogP contribution is -2.08. The molecule has 2 heterocycles. The summed E-state index contributed by atoms with van der Waals surface area (Å²) in [5, 5.41) is 3.90. The van der Waals surface area contributed by atoms with E-state index < -0.39 is 0 Å². The van der Waals surface area contributed by atoms with Crippen LogP contribution in [-0.4, -0.2) is 24.7 Å². The molecule has 0 saturated carbocycles. The zero-order valence-corrected chi connectivity index (χ0v) is 8.47. The van der Waals surface area contributed by atoms with Gasteiger partial charge in [0.15, 0.2) is 0 Å². The first kappa shape index (κ1) is 9.38. The highest BCUT2D eigenvalue weighted by atomic mass is 15.4. The molecule has 0 aliphatic heterocycles. The molecular formula is C8H11N7. The van der Waals surface area contributed by atoms with Crippen LogP contribution in [0.4, 0.5) is 11.9 Å². The summed E-state index contributed by atoms with van der Waals surface area (Å²) in [6, 6.07) is 1.86. The summed E-state index contributed by atoms with van der Waals surface area (Å²) in [4.78, 5) is 12.2. The van der Waals surface area contributed by atoms with Gasteiger partial charge in [-0.05, 0) is 19.9 Å². The van der Waals surface area contributed by atoms with Crippen LogP contribution >= 0.6 is 0 Å². The molecule has 7 nitrogen and oxygen atoms in total. The van der Waals surface area contributed by atoms with Crippen LogP contribution in [0.1, 0.15) is 11.4 Å². The van der Waals surface area contributed by atoms with Crippen molar-refractivity contribution in [2.24, 2.45) is 0 Å². The Morgan fingerprint density at radius 1 is 1.07 bits per heavy atom. The number of nitrogens with zero attached hydrogens (tertiary/aromatic N) is 5. The van der Waals surface area contributed by atoms with Gasteiger partial charge in [-0.2, -0.15) is 9.67 Å². The summed E-state index contributed by atoms with van der Waals surface area (Å²) < 4.78 is 1.31. The third-order valence-corrected chi connectivity index (χ3v) is 1.81. The Hall–Kier alpha value is -2.18. The quantitative estimate of drug-likeness (QED) is 0.669. The fourth-order valence-corrected chi connectivity index (χ4v) is 1.29. The number of nitrogens with two attached hydrogens (primary N) is 2. The number of rotatable bonds is 1. The molecule has 0 spiro atoms. The molecule has 0 unspecified atom stereocenters. The second kappa shape index (κ2) is 3.19. The van der Waals surface area contributed by atoms with Gasteiger partial charge >= 0.3 is 0 Å². The number of nitrogen functional groups attached to an aromatic ring is 2. The van der Waals surface area contributed by atoms with Gasteiger partial charge in [0.1, 0.15) is 0 Å². The normalized spacial score (nSPS) is 10.5. The van der Waals surface area contributed by atoms with Crippen molar-refractivity contribution >= 4 is 11.9 Å². The number of aromatic nitrogens is 5. The fourth-order valence-electron chi connectivity index (χ4n) is 1.29. The number of hydrogen-bond donors (Lipinski definition) is 2. The highest BCUT2D eigenvalue weighted by Crippen LogP contribution is 2.09. The molecule has 2 aromatic heterocycles. The van der Waals surface area contributed by atoms with Gasteiger partial charge in [0, 0.05) is 11.4 Å². The first-order chi connectivity index (χ1) is 7.06. The Morgan fingerprint density at radius 3 is 2.13 bits per heavy atom. The average molecular weight is 205 g/mol. The van der Waals surface area contributed by atoms with Crippen molar-refractivity contribution in [3.05, 3.63) is 17.5 Å². The van der Waals surface area contributed by atoms with E-state index >= 15 is 0 Å². The van der Waals surface area contributed by atoms with Crippen molar-refractivity contribution in [2.75, 3.05) is 11.5 Å². The van der Waals surface area contributed by atoms with Crippen molar-refractivity contribution in [2.45, 2.75) is 13.8 Å². The predicted octanol–water partition coefficient (Wildman–Crippen LogP) is -0.161. The fraction of sp³-hybridized carbons (Fsp3) is 0.250. The lowest BCUT2D eigenvalue weighted by atomic mass is 10.4. The third-order valence-electron chi connectivity index (χ3n) is 1.81. The maximum Gasteiger partial charge on any atom is 0.254 e. The Morgan fingerprint density at radius 2 is 1.67 bits per heavy atom. The van der Waals surface area contributed by atoms with E-state index in [-0.39, 0.29) is 11.9 Å². The van der Waals surface area contributed by atoms with Crippen molar-refractivity contribution in [1.82, 2.24) is 24.7 Å². The molecule has 0 aliphatic carbocycles. The molecule has 0 fully saturated rings. The molecule has 78 valence electrons. The SMILES string of the molecule is Cc1cc(C)nc(-n2nc(N)nc2N)n1. The highest BCUT2D eigenvalue weighted by molar-refractivity contribution is 5.33. The van der Waals surface area contributed by atoms with Crippen LogP contribution in [0.25, 0.3) is 5.95 Å². The molecule has 0 saturated heterocycles. The second-order valence-corrected chi connectivity index (χ2v) is 3.19. The predicted molar refractivity (Wildman–Crippen MR) is 55.2 cm³/mol. The van der Waals surface area contributed by atoms with Crippen molar-refractivity contribution < 1.29 is 0 Å². The van der Waals surface area contributed by atoms with Gasteiger partial charge in [-0.15, -0.1) is 5.10 Å². The smallest absolute Gasteiger partial charge is 0.254 e. The summed E-state index contributed by atoms with van der Waals surface area (Å²) >= 11 is 0. The van der Waals surface area contributed by atoms with E-state index in [0.717, 1.165) is 11.4 Å². The molecule has 0 amide bonds. The van der Waals surface area contributed by atoms with E-state index in [0.29, 0.717) is 5.95 Å². The maximum atomic E-state index is 5.60. The molecule has 0 aliphatic rings. The highest BCUT2D eigenvalue weighted by Gasteiger charge is 2.09. The van der Waals surface area contributed by atoms with E-state index in [2.05, 4.69) is 20.1 Å². The minimum Gasteiger partial charge on any atom is -0.368 e. The van der Waals surface area contributed by atoms with Crippen LogP contribution < -0.4 is 11.5 Å². The van der Waals surface area contributed by atoms with Crippen LogP contribution in [0.2, 0.25) is 0 Å². The van der Waals surface area contributed by atoms with E-state index in [1.54, 1.807) is 0 Å². The van der Waals surface area contributed by atoms with Crippen LogP contribution in [0.5, 0.6) is 0 Å². The third kappa shape index (κ3) is 1.71. The van der Waals surface area contributed by atoms with E-state index in [9.17, 15) is 0 Å². The van der Waals surface area contributed by atoms with Crippen LogP contribution in [0, 0.1) is 13.8 Å². The lowest BCUT2D eigenvalue weighted by molar-refractivity contribution is 0.805. The average Bonchev–Trinajstić information content (AvgIpc) is 2.43. The number of hydrogen-bond acceptors (Lipinski definition) is 6. The van der Waals surface area contributed by atoms with Crippen molar-refractivity contribution in [3.8, 4) is 5.95 Å². The van der Waals surface area contributed by atoms with Crippen LogP contribution in [-0.2, 0) is 0 Å². The molecule has 2 aromatic rings. The maximum absolute atomic E-state index is 5.60. The summed E-state index contributed by atoms with van der Waals surface area (Å²) in [7, 11) is 0. The van der Waals surface area contributed by atoms with Gasteiger partial charge in [0.2, 0.25) is 11.9 Å². The number of anilines is 2. The topological polar surface area (TPSA) is 109 Å². The Kier molecular flexibility index (Phi) is 2.00. The summed E-state index contributed by atoms with van der Waals surface area (Å²) in [5.74, 6) is 0.668. The molecule has 0 radical (unpaired) electrons. The van der Waals surface area contributed by atoms with Gasteiger partial charge in [0.25, 0.3) is 5.95 Å². The van der Waals surface area contributed by atoms with E-state index in [4.69, 9.17) is 11.5 Å². The standard InChI is InChI=1S/C8H11N7/c1-4-3-5(2)12-8(11-4)15-7(10)13-6(9)14-15/h3H,1-2H3,(H4,9,10,13,14). The van der Waals surface area contributed by atoms with E-state index in [1.807, 2.05) is 19.9 Å². The Balaban J connectivity index is 2.58. The van der Waals surface area contributed by atoms with E-state index in [1.165, 1.54) is 4.68 Å². The first-order valence-electron chi connectivity index (χ1n) is 4.37. The largest absolute Gasteiger partial charge is 0.368 e. The van der Waals surface area contributed by atoms with Gasteiger partial charge in [-0.1, -0.05) is 0 Å². The van der Waals surface area contributed by atoms with Crippen molar-refractivity contribution in [3.63, 3.8) is 0 Å². The molecular weight excluding hydrogens is 194 g/mol. The summed E-state index contributed by atoms with van der Waals surface area (Å²) in [6.07, 6.45) is 0. The molecule has 7 heteroatoms. The van der Waals surface area contributed by atoms with Gasteiger partial charge in [0.05, 0.1) is 0 Å². The minimum absolute atomic E-state index is 0.107. The van der Waals surface area contributed by atoms with Gasteiger partial charge in [-0.3, -0.25) is 0 Å². The zero-order chi connectivity index (χ0) is 11.0. The molecule has 4 N–H and O–H groups in total. The zero-order valence-electron chi connectivity index (χ0n) is 8.47. The molecule has 0 atom stereocenters. The van der Waals surface area contributed by atoms with Gasteiger partial charge < -0.3 is 11.5 Å². The molecule has 2 rings (SSSR count). The first-order valence-corrected chi connectivity index (χ1v) is 4.37. The molecule has 0 aromatic carbocycles. The second-order valence-electron chi connectivity index (χ2n) is 3.19. The number of aryl methyl sites for hydroxylation is 2. The lowest BCUT2D eigenvalue weighted by Gasteiger charge is -2.02. The monoisotopic (exact) mass is 205 g/mol.